The number of carbonyl (C=O) groups excluding carboxylic acids is 1. The summed E-state index contributed by atoms with van der Waals surface area (Å²) < 4.78 is 81.7. The molecule has 2 aliphatic heterocycles. The molecule has 4 aliphatic rings. The molecule has 2 aromatic heterocycles. The molecule has 2 aromatic rings. The second-order valence-corrected chi connectivity index (χ2v) is 11.1. The number of rotatable bonds is 3. The Kier molecular flexibility index (Phi) is 5.24. The Balaban J connectivity index is 0.919. The highest BCUT2D eigenvalue weighted by molar-refractivity contribution is 5.77. The number of amides is 2. The SMILES string of the molecule is O=C(N1CC2(CC(Oc3ccc(C(F)(F)F)nc3)C2)C1)N1CC2(CC(c3ccc(C(F)(F)F)nc3)C2)C1. The molecule has 2 amide bonds. The van der Waals surface area contributed by atoms with Gasteiger partial charge in [0.2, 0.25) is 0 Å². The van der Waals surface area contributed by atoms with Gasteiger partial charge < -0.3 is 14.5 Å². The highest BCUT2D eigenvalue weighted by Gasteiger charge is 2.59. The van der Waals surface area contributed by atoms with Gasteiger partial charge in [0.15, 0.2) is 0 Å². The molecule has 37 heavy (non-hydrogen) atoms. The second-order valence-electron chi connectivity index (χ2n) is 11.1. The van der Waals surface area contributed by atoms with Gasteiger partial charge in [0.1, 0.15) is 23.2 Å². The van der Waals surface area contributed by atoms with Gasteiger partial charge in [-0.15, -0.1) is 0 Å². The summed E-state index contributed by atoms with van der Waals surface area (Å²) in [7, 11) is 0. The number of likely N-dealkylation sites (tertiary alicyclic amines) is 2. The minimum absolute atomic E-state index is 0.00667. The van der Waals surface area contributed by atoms with Crippen molar-refractivity contribution in [3.8, 4) is 5.75 Å². The molecule has 4 heterocycles. The fourth-order valence-electron chi connectivity index (χ4n) is 6.35. The van der Waals surface area contributed by atoms with E-state index in [9.17, 15) is 31.1 Å². The van der Waals surface area contributed by atoms with Crippen molar-refractivity contribution in [1.29, 1.82) is 0 Å². The van der Waals surface area contributed by atoms with Gasteiger partial charge in [-0.05, 0) is 55.4 Å². The van der Waals surface area contributed by atoms with Crippen molar-refractivity contribution in [2.45, 2.75) is 50.1 Å². The quantitative estimate of drug-likeness (QED) is 0.506. The maximum Gasteiger partial charge on any atom is 0.433 e. The van der Waals surface area contributed by atoms with Crippen molar-refractivity contribution in [3.05, 3.63) is 53.6 Å². The summed E-state index contributed by atoms with van der Waals surface area (Å²) in [5.74, 6) is 0.475. The molecular weight excluding hydrogens is 502 g/mol. The molecule has 4 fully saturated rings. The zero-order valence-corrected chi connectivity index (χ0v) is 19.6. The molecule has 12 heteroatoms. The lowest BCUT2D eigenvalue weighted by Gasteiger charge is -2.63. The van der Waals surface area contributed by atoms with Gasteiger partial charge in [0.25, 0.3) is 0 Å². The van der Waals surface area contributed by atoms with E-state index in [1.54, 1.807) is 0 Å². The van der Waals surface area contributed by atoms with Gasteiger partial charge in [-0.1, -0.05) is 6.07 Å². The van der Waals surface area contributed by atoms with E-state index in [0.717, 1.165) is 49.6 Å². The zero-order chi connectivity index (χ0) is 26.2. The molecule has 2 saturated heterocycles. The number of alkyl halides is 6. The topological polar surface area (TPSA) is 58.6 Å². The van der Waals surface area contributed by atoms with E-state index in [1.807, 2.05) is 9.80 Å². The molecule has 0 unspecified atom stereocenters. The van der Waals surface area contributed by atoms with Crippen LogP contribution >= 0.6 is 0 Å². The van der Waals surface area contributed by atoms with Crippen LogP contribution in [0.25, 0.3) is 0 Å². The molecule has 0 N–H and O–H groups in total. The Labute approximate surface area is 208 Å². The van der Waals surface area contributed by atoms with Crippen LogP contribution in [-0.2, 0) is 12.4 Å². The lowest BCUT2D eigenvalue weighted by atomic mass is 9.56. The Morgan fingerprint density at radius 1 is 0.784 bits per heavy atom. The first-order valence-corrected chi connectivity index (χ1v) is 12.1. The maximum atomic E-state index is 12.8. The predicted molar refractivity (Wildman–Crippen MR) is 118 cm³/mol. The highest BCUT2D eigenvalue weighted by atomic mass is 19.4. The molecule has 2 saturated carbocycles. The third-order valence-corrected chi connectivity index (χ3v) is 8.20. The summed E-state index contributed by atoms with van der Waals surface area (Å²) in [6, 6.07) is 4.70. The third-order valence-electron chi connectivity index (χ3n) is 8.20. The van der Waals surface area contributed by atoms with Gasteiger partial charge in [-0.25, -0.2) is 9.78 Å². The van der Waals surface area contributed by atoms with E-state index in [1.165, 1.54) is 18.3 Å². The molecule has 198 valence electrons. The molecule has 0 aromatic carbocycles. The van der Waals surface area contributed by atoms with Crippen molar-refractivity contribution in [1.82, 2.24) is 19.8 Å². The molecular formula is C25H24F6N4O2. The normalized spacial score (nSPS) is 22.8. The number of halogens is 6. The Morgan fingerprint density at radius 3 is 1.76 bits per heavy atom. The molecule has 2 spiro atoms. The van der Waals surface area contributed by atoms with Crippen molar-refractivity contribution < 1.29 is 35.9 Å². The molecule has 2 aliphatic carbocycles. The lowest BCUT2D eigenvalue weighted by molar-refractivity contribution is -0.142. The van der Waals surface area contributed by atoms with Crippen molar-refractivity contribution >= 4 is 6.03 Å². The minimum Gasteiger partial charge on any atom is -0.489 e. The van der Waals surface area contributed by atoms with Crippen LogP contribution in [0.1, 0.15) is 48.6 Å². The van der Waals surface area contributed by atoms with Gasteiger partial charge in [-0.3, -0.25) is 4.98 Å². The molecule has 6 rings (SSSR count). The fraction of sp³-hybridized carbons (Fsp3) is 0.560. The van der Waals surface area contributed by atoms with E-state index < -0.39 is 23.7 Å². The number of pyridine rings is 2. The number of aromatic nitrogens is 2. The predicted octanol–water partition coefficient (Wildman–Crippen LogP) is 5.36. The Hall–Kier alpha value is -3.05. The van der Waals surface area contributed by atoms with E-state index in [0.29, 0.717) is 31.9 Å². The number of ether oxygens (including phenoxy) is 1. The van der Waals surface area contributed by atoms with Crippen molar-refractivity contribution in [2.24, 2.45) is 10.8 Å². The minimum atomic E-state index is -4.49. The van der Waals surface area contributed by atoms with Crippen molar-refractivity contribution in [3.63, 3.8) is 0 Å². The second kappa shape index (κ2) is 7.97. The monoisotopic (exact) mass is 526 g/mol. The average Bonchev–Trinajstić information content (AvgIpc) is 2.71. The largest absolute Gasteiger partial charge is 0.489 e. The van der Waals surface area contributed by atoms with Gasteiger partial charge in [0, 0.05) is 43.2 Å². The summed E-state index contributed by atoms with van der Waals surface area (Å²) in [5.41, 5.74) is -0.975. The smallest absolute Gasteiger partial charge is 0.433 e. The summed E-state index contributed by atoms with van der Waals surface area (Å²) in [6.07, 6.45) is -3.47. The van der Waals surface area contributed by atoms with Crippen LogP contribution in [0.3, 0.4) is 0 Å². The standard InChI is InChI=1S/C25H24F6N4O2/c26-24(27,28)19-3-1-15(9-32-19)16-5-22(6-16)11-34(12-22)21(36)35-13-23(14-35)7-18(8-23)37-17-2-4-20(33-10-17)25(29,30)31/h1-4,9-10,16,18H,5-8,11-14H2. The fourth-order valence-corrected chi connectivity index (χ4v) is 6.35. The van der Waals surface area contributed by atoms with Gasteiger partial charge >= 0.3 is 18.4 Å². The third kappa shape index (κ3) is 4.37. The Morgan fingerprint density at radius 2 is 1.30 bits per heavy atom. The first-order valence-electron chi connectivity index (χ1n) is 12.1. The lowest BCUT2D eigenvalue weighted by Crippen LogP contribution is -2.71. The average molecular weight is 526 g/mol. The van der Waals surface area contributed by atoms with E-state index in [4.69, 9.17) is 4.74 Å². The van der Waals surface area contributed by atoms with Crippen LogP contribution in [0.4, 0.5) is 31.1 Å². The number of urea groups is 1. The van der Waals surface area contributed by atoms with Crippen LogP contribution < -0.4 is 4.74 Å². The van der Waals surface area contributed by atoms with Crippen LogP contribution in [-0.4, -0.2) is 58.1 Å². The number of hydrogen-bond acceptors (Lipinski definition) is 4. The molecule has 0 radical (unpaired) electrons. The Bertz CT molecular complexity index is 1170. The zero-order valence-electron chi connectivity index (χ0n) is 19.6. The van der Waals surface area contributed by atoms with Crippen LogP contribution in [0.5, 0.6) is 5.75 Å². The molecule has 0 atom stereocenters. The maximum absolute atomic E-state index is 12.8. The number of nitrogens with zero attached hydrogens (tertiary/aromatic N) is 4. The molecule has 6 nitrogen and oxygen atoms in total. The van der Waals surface area contributed by atoms with Gasteiger partial charge in [-0.2, -0.15) is 26.3 Å². The molecule has 0 bridgehead atoms. The van der Waals surface area contributed by atoms with E-state index in [2.05, 4.69) is 9.97 Å². The summed E-state index contributed by atoms with van der Waals surface area (Å²) in [4.78, 5) is 23.4. The number of hydrogen-bond donors (Lipinski definition) is 0. The van der Waals surface area contributed by atoms with Crippen LogP contribution in [0, 0.1) is 10.8 Å². The summed E-state index contributed by atoms with van der Waals surface area (Å²) >= 11 is 0. The van der Waals surface area contributed by atoms with Crippen LogP contribution in [0.15, 0.2) is 36.7 Å². The van der Waals surface area contributed by atoms with E-state index >= 15 is 0 Å². The van der Waals surface area contributed by atoms with Gasteiger partial charge in [0.05, 0.1) is 6.20 Å². The summed E-state index contributed by atoms with van der Waals surface area (Å²) in [5, 5.41) is 0. The van der Waals surface area contributed by atoms with E-state index in [-0.39, 0.29) is 28.9 Å². The number of carbonyl (C=O) groups is 1. The van der Waals surface area contributed by atoms with Crippen molar-refractivity contribution in [2.75, 3.05) is 26.2 Å². The van der Waals surface area contributed by atoms with Crippen LogP contribution in [0.2, 0.25) is 0 Å². The first-order chi connectivity index (χ1) is 17.3. The first kappa shape index (κ1) is 24.3. The highest BCUT2D eigenvalue weighted by Crippen LogP contribution is 2.57. The summed E-state index contributed by atoms with van der Waals surface area (Å²) in [6.45, 7) is 2.60.